The summed E-state index contributed by atoms with van der Waals surface area (Å²) in [5, 5.41) is 10.8. The van der Waals surface area contributed by atoms with Gasteiger partial charge >= 0.3 is 12.1 Å². The fourth-order valence-electron chi connectivity index (χ4n) is 6.38. The molecule has 4 aliphatic rings. The molecule has 3 aliphatic carbocycles. The van der Waals surface area contributed by atoms with Crippen LogP contribution >= 0.6 is 23.2 Å². The number of amidine groups is 1. The van der Waals surface area contributed by atoms with Gasteiger partial charge in [0.1, 0.15) is 11.4 Å². The number of halogens is 2. The topological polar surface area (TPSA) is 117 Å². The molecular formula is C29H33Cl2N3O6S. The van der Waals surface area contributed by atoms with Gasteiger partial charge in [-0.25, -0.2) is 22.9 Å². The number of benzene rings is 2. The molecule has 3 saturated carbocycles. The number of nitrogens with zero attached hydrogens (tertiary/aromatic N) is 3. The second kappa shape index (κ2) is 9.69. The Labute approximate surface area is 250 Å². The van der Waals surface area contributed by atoms with Crippen molar-refractivity contribution in [1.29, 1.82) is 0 Å². The maximum absolute atomic E-state index is 14.0. The van der Waals surface area contributed by atoms with Gasteiger partial charge in [-0.05, 0) is 83.7 Å². The van der Waals surface area contributed by atoms with E-state index in [0.29, 0.717) is 40.7 Å². The van der Waals surface area contributed by atoms with E-state index >= 15 is 0 Å². The van der Waals surface area contributed by atoms with Crippen LogP contribution in [0.5, 0.6) is 0 Å². The number of aliphatic imine (C=N–C) groups is 1. The van der Waals surface area contributed by atoms with Crippen LogP contribution in [0.25, 0.3) is 0 Å². The Morgan fingerprint density at radius 1 is 1.07 bits per heavy atom. The van der Waals surface area contributed by atoms with E-state index in [2.05, 4.69) is 0 Å². The standard InChI is InChI=1S/C29H33Cl2N3O6S/c1-26(2,3)40-25(37)34-22(23(35)36)27(4,5)32-24(34)28-15-29(16-28,17-28)33(14-18-11-12-20(30)21(31)13-18)41(38,39)19-9-7-6-8-10-19/h6-13,22H,14-17H2,1-5H3,(H,35,36)/t22-,28?,29?/m0/s1. The van der Waals surface area contributed by atoms with Crippen molar-refractivity contribution in [3.8, 4) is 0 Å². The van der Waals surface area contributed by atoms with Crippen LogP contribution < -0.4 is 0 Å². The lowest BCUT2D eigenvalue weighted by Gasteiger charge is -2.73. The van der Waals surface area contributed by atoms with Gasteiger partial charge < -0.3 is 9.84 Å². The quantitative estimate of drug-likeness (QED) is 0.406. The normalized spacial score (nSPS) is 26.7. The molecule has 2 aromatic rings. The first kappa shape index (κ1) is 29.8. The lowest BCUT2D eigenvalue weighted by Crippen LogP contribution is -2.79. The minimum Gasteiger partial charge on any atom is -0.480 e. The Bertz CT molecular complexity index is 1530. The van der Waals surface area contributed by atoms with E-state index in [-0.39, 0.29) is 11.4 Å². The molecule has 1 amide bonds. The van der Waals surface area contributed by atoms with E-state index in [1.807, 2.05) is 0 Å². The predicted octanol–water partition coefficient (Wildman–Crippen LogP) is 5.99. The Morgan fingerprint density at radius 3 is 2.22 bits per heavy atom. The average molecular weight is 623 g/mol. The van der Waals surface area contributed by atoms with Gasteiger partial charge in [0.2, 0.25) is 10.0 Å². The van der Waals surface area contributed by atoms with E-state index in [4.69, 9.17) is 32.9 Å². The third-order valence-electron chi connectivity index (χ3n) is 8.02. The van der Waals surface area contributed by atoms with Crippen molar-refractivity contribution in [2.75, 3.05) is 0 Å². The summed E-state index contributed by atoms with van der Waals surface area (Å²) in [7, 11) is -3.94. The molecule has 220 valence electrons. The van der Waals surface area contributed by atoms with Gasteiger partial charge in [-0.1, -0.05) is 47.5 Å². The van der Waals surface area contributed by atoms with E-state index < -0.39 is 50.2 Å². The van der Waals surface area contributed by atoms with Gasteiger partial charge in [0, 0.05) is 17.5 Å². The molecule has 1 heterocycles. The maximum Gasteiger partial charge on any atom is 0.416 e. The molecule has 2 aromatic carbocycles. The van der Waals surface area contributed by atoms with Crippen LogP contribution in [-0.4, -0.2) is 63.3 Å². The van der Waals surface area contributed by atoms with Gasteiger partial charge in [-0.2, -0.15) is 4.31 Å². The highest BCUT2D eigenvalue weighted by atomic mass is 35.5. The van der Waals surface area contributed by atoms with Crippen molar-refractivity contribution in [3.05, 3.63) is 64.1 Å². The first-order valence-electron chi connectivity index (χ1n) is 13.3. The molecule has 3 fully saturated rings. The number of amides is 1. The third-order valence-corrected chi connectivity index (χ3v) is 10.7. The summed E-state index contributed by atoms with van der Waals surface area (Å²) in [6, 6.07) is 12.0. The fourth-order valence-corrected chi connectivity index (χ4v) is 8.48. The van der Waals surface area contributed by atoms with Crippen LogP contribution in [0, 0.1) is 5.41 Å². The van der Waals surface area contributed by atoms with Crippen LogP contribution in [-0.2, 0) is 26.1 Å². The van der Waals surface area contributed by atoms with Crippen molar-refractivity contribution in [2.24, 2.45) is 10.4 Å². The minimum atomic E-state index is -3.94. The second-order valence-corrected chi connectivity index (χ2v) is 15.5. The van der Waals surface area contributed by atoms with Crippen molar-refractivity contribution in [2.45, 2.75) is 88.0 Å². The molecule has 0 radical (unpaired) electrons. The lowest BCUT2D eigenvalue weighted by molar-refractivity contribution is -0.156. The molecule has 1 aliphatic heterocycles. The van der Waals surface area contributed by atoms with Gasteiger partial charge in [0.25, 0.3) is 0 Å². The zero-order chi connectivity index (χ0) is 30.2. The number of hydrogen-bond acceptors (Lipinski definition) is 6. The molecule has 41 heavy (non-hydrogen) atoms. The van der Waals surface area contributed by atoms with Crippen molar-refractivity contribution >= 4 is 51.1 Å². The average Bonchev–Trinajstić information content (AvgIpc) is 3.09. The first-order valence-corrected chi connectivity index (χ1v) is 15.5. The molecule has 1 N–H and O–H groups in total. The van der Waals surface area contributed by atoms with Crippen molar-refractivity contribution in [3.63, 3.8) is 0 Å². The van der Waals surface area contributed by atoms with E-state index in [1.54, 1.807) is 83.1 Å². The zero-order valence-electron chi connectivity index (χ0n) is 23.5. The highest BCUT2D eigenvalue weighted by Gasteiger charge is 2.76. The van der Waals surface area contributed by atoms with Crippen LogP contribution in [0.15, 0.2) is 58.4 Å². The molecule has 0 unspecified atom stereocenters. The number of ether oxygens (including phenoxy) is 1. The highest BCUT2D eigenvalue weighted by molar-refractivity contribution is 7.89. The van der Waals surface area contributed by atoms with Gasteiger partial charge in [0.05, 0.1) is 20.5 Å². The molecule has 6 rings (SSSR count). The molecule has 0 spiro atoms. The third kappa shape index (κ3) is 5.02. The Morgan fingerprint density at radius 2 is 1.68 bits per heavy atom. The van der Waals surface area contributed by atoms with E-state index in [0.717, 1.165) is 0 Å². The molecule has 12 heteroatoms. The summed E-state index contributed by atoms with van der Waals surface area (Å²) < 4.78 is 35.2. The maximum atomic E-state index is 14.0. The molecular weight excluding hydrogens is 589 g/mol. The Kier molecular flexibility index (Phi) is 7.05. The van der Waals surface area contributed by atoms with E-state index in [9.17, 15) is 23.1 Å². The SMILES string of the molecule is CC(C)(C)OC(=O)N1C(C23CC(N(Cc4ccc(Cl)c(Cl)c4)S(=O)(=O)c4ccccc4)(C2)C3)=NC(C)(C)[C@@H]1C(=O)O. The van der Waals surface area contributed by atoms with Crippen LogP contribution in [0.1, 0.15) is 59.4 Å². The fraction of sp³-hybridized carbons (Fsp3) is 0.483. The smallest absolute Gasteiger partial charge is 0.416 e. The summed E-state index contributed by atoms with van der Waals surface area (Å²) in [5.74, 6) is -0.841. The molecule has 1 atom stereocenters. The predicted molar refractivity (Wildman–Crippen MR) is 156 cm³/mol. The van der Waals surface area contributed by atoms with Gasteiger partial charge in [0.15, 0.2) is 6.04 Å². The second-order valence-electron chi connectivity index (χ2n) is 12.8. The Hall–Kier alpha value is -2.66. The number of rotatable bonds is 7. The molecule has 9 nitrogen and oxygen atoms in total. The van der Waals surface area contributed by atoms with Crippen molar-refractivity contribution < 1.29 is 27.9 Å². The molecule has 0 aromatic heterocycles. The van der Waals surface area contributed by atoms with Crippen molar-refractivity contribution in [1.82, 2.24) is 9.21 Å². The van der Waals surface area contributed by atoms with Crippen LogP contribution in [0.4, 0.5) is 4.79 Å². The largest absolute Gasteiger partial charge is 0.480 e. The van der Waals surface area contributed by atoms with E-state index in [1.165, 1.54) is 9.21 Å². The number of carbonyl (C=O) groups is 2. The summed E-state index contributed by atoms with van der Waals surface area (Å²) >= 11 is 12.4. The summed E-state index contributed by atoms with van der Waals surface area (Å²) in [6.07, 6.45) is 0.369. The summed E-state index contributed by atoms with van der Waals surface area (Å²) in [6.45, 7) is 8.55. The van der Waals surface area contributed by atoms with Gasteiger partial charge in [-0.15, -0.1) is 0 Å². The summed E-state index contributed by atoms with van der Waals surface area (Å²) in [4.78, 5) is 31.8. The number of aliphatic carboxylic acids is 1. The number of carbonyl (C=O) groups excluding carboxylic acids is 1. The minimum absolute atomic E-state index is 0.0652. The summed E-state index contributed by atoms with van der Waals surface area (Å²) in [5.41, 5.74) is -2.66. The number of carboxylic acid groups (broad SMARTS) is 1. The number of sulfonamides is 1. The number of hydrogen-bond donors (Lipinski definition) is 1. The van der Waals surface area contributed by atoms with Crippen LogP contribution in [0.2, 0.25) is 10.0 Å². The van der Waals surface area contributed by atoms with Crippen LogP contribution in [0.3, 0.4) is 0 Å². The lowest BCUT2D eigenvalue weighted by atomic mass is 9.38. The number of carboxylic acids is 1. The zero-order valence-corrected chi connectivity index (χ0v) is 25.8. The highest BCUT2D eigenvalue weighted by Crippen LogP contribution is 2.72. The monoisotopic (exact) mass is 621 g/mol. The molecule has 0 saturated heterocycles. The first-order chi connectivity index (χ1) is 18.9. The molecule has 2 bridgehead atoms. The Balaban J connectivity index is 1.50. The van der Waals surface area contributed by atoms with Gasteiger partial charge in [-0.3, -0.25) is 4.99 Å².